The monoisotopic (exact) mass is 542 g/mol. The van der Waals surface area contributed by atoms with Gasteiger partial charge < -0.3 is 25.6 Å². The number of aryl methyl sites for hydroxylation is 2. The molecule has 1 aliphatic carbocycles. The molecule has 3 N–H and O–H groups in total. The second-order valence-electron chi connectivity index (χ2n) is 11.0. The number of hydrogen-bond acceptors (Lipinski definition) is 8. The first-order valence-corrected chi connectivity index (χ1v) is 14.3. The molecular weight excluding hydrogens is 504 g/mol. The number of aromatic nitrogens is 3. The molecule has 10 nitrogen and oxygen atoms in total. The molecule has 1 amide bonds. The fraction of sp³-hybridized carbons (Fsp3) is 0.467. The normalized spacial score (nSPS) is 20.2. The molecule has 40 heavy (non-hydrogen) atoms. The fourth-order valence-corrected chi connectivity index (χ4v) is 5.71. The van der Waals surface area contributed by atoms with Crippen LogP contribution in [0.5, 0.6) is 5.88 Å². The highest BCUT2D eigenvalue weighted by Gasteiger charge is 2.36. The Morgan fingerprint density at radius 1 is 1.12 bits per heavy atom. The van der Waals surface area contributed by atoms with Gasteiger partial charge in [-0.3, -0.25) is 9.78 Å². The van der Waals surface area contributed by atoms with E-state index < -0.39 is 0 Å². The van der Waals surface area contributed by atoms with Crippen molar-refractivity contribution in [3.8, 4) is 17.1 Å². The Kier molecular flexibility index (Phi) is 7.42. The van der Waals surface area contributed by atoms with Crippen LogP contribution in [0.4, 0.5) is 17.1 Å². The molecule has 2 aromatic heterocycles. The third-order valence-corrected chi connectivity index (χ3v) is 7.95. The van der Waals surface area contributed by atoms with Gasteiger partial charge in [0.15, 0.2) is 0 Å². The Hall–Kier alpha value is -3.92. The van der Waals surface area contributed by atoms with Crippen molar-refractivity contribution >= 4 is 28.9 Å². The van der Waals surface area contributed by atoms with Crippen LogP contribution in [0.2, 0.25) is 0 Å². The molecule has 2 bridgehead atoms. The van der Waals surface area contributed by atoms with E-state index in [0.29, 0.717) is 41.5 Å². The number of anilines is 3. The molecule has 1 aromatic carbocycles. The van der Waals surface area contributed by atoms with Crippen LogP contribution in [0.1, 0.15) is 48.2 Å². The minimum Gasteiger partial charge on any atom is -0.477 e. The van der Waals surface area contributed by atoms with Gasteiger partial charge in [-0.05, 0) is 94.8 Å². The van der Waals surface area contributed by atoms with E-state index in [1.54, 1.807) is 23.0 Å². The minimum atomic E-state index is -0.304. The molecule has 1 unspecified atom stereocenters. The number of nitrogens with zero attached hydrogens (tertiary/aromatic N) is 5. The van der Waals surface area contributed by atoms with Crippen LogP contribution < -0.4 is 25.6 Å². The molecule has 1 fully saturated rings. The minimum absolute atomic E-state index is 0.304. The lowest BCUT2D eigenvalue weighted by atomic mass is 9.97. The number of guanidine groups is 1. The summed E-state index contributed by atoms with van der Waals surface area (Å²) < 4.78 is 7.99. The molecule has 0 radical (unpaired) electrons. The second-order valence-corrected chi connectivity index (χ2v) is 11.0. The quantitative estimate of drug-likeness (QED) is 0.393. The summed E-state index contributed by atoms with van der Waals surface area (Å²) in [6.45, 7) is 5.15. The molecular formula is C30H38N8O2. The molecule has 3 aromatic rings. The molecule has 0 spiro atoms. The number of nitrogens with one attached hydrogen (secondary N) is 3. The molecule has 6 rings (SSSR count). The van der Waals surface area contributed by atoms with E-state index in [0.717, 1.165) is 67.2 Å². The highest BCUT2D eigenvalue weighted by Crippen LogP contribution is 2.43. The topological polar surface area (TPSA) is 109 Å². The van der Waals surface area contributed by atoms with Crippen molar-refractivity contribution < 1.29 is 9.53 Å². The van der Waals surface area contributed by atoms with Crippen molar-refractivity contribution in [3.63, 3.8) is 0 Å². The number of aliphatic imine (C=N–C) groups is 1. The number of carbonyl (C=O) groups is 1. The maximum absolute atomic E-state index is 13.6. The van der Waals surface area contributed by atoms with Crippen LogP contribution in [-0.4, -0.2) is 59.9 Å². The van der Waals surface area contributed by atoms with Gasteiger partial charge in [0.05, 0.1) is 35.4 Å². The average molecular weight is 543 g/mol. The van der Waals surface area contributed by atoms with Gasteiger partial charge >= 0.3 is 0 Å². The first-order valence-electron chi connectivity index (χ1n) is 14.3. The van der Waals surface area contributed by atoms with Gasteiger partial charge in [0.2, 0.25) is 11.8 Å². The number of benzene rings is 1. The highest BCUT2D eigenvalue weighted by atomic mass is 16.5. The maximum Gasteiger partial charge on any atom is 0.280 e. The Labute approximate surface area is 235 Å². The molecule has 0 saturated heterocycles. The largest absolute Gasteiger partial charge is 0.477 e. The lowest BCUT2D eigenvalue weighted by molar-refractivity contribution is 0.100. The molecule has 2 aliphatic heterocycles. The predicted molar refractivity (Wildman–Crippen MR) is 158 cm³/mol. The van der Waals surface area contributed by atoms with Crippen molar-refractivity contribution in [2.45, 2.75) is 39.0 Å². The van der Waals surface area contributed by atoms with E-state index in [1.165, 1.54) is 12.8 Å². The predicted octanol–water partition coefficient (Wildman–Crippen LogP) is 4.44. The summed E-state index contributed by atoms with van der Waals surface area (Å²) >= 11 is 0. The van der Waals surface area contributed by atoms with Gasteiger partial charge in [0.25, 0.3) is 5.91 Å². The summed E-state index contributed by atoms with van der Waals surface area (Å²) in [5.41, 5.74) is 5.75. The third kappa shape index (κ3) is 5.54. The summed E-state index contributed by atoms with van der Waals surface area (Å²) in [5.74, 6) is 2.13. The zero-order valence-corrected chi connectivity index (χ0v) is 23.5. The molecule has 4 heterocycles. The number of carbonyl (C=O) groups excluding carboxylic acids is 1. The standard InChI is InChI=1S/C30H38N8O2/c1-19-14-22-15-25(34-19)24-17-33-37(3)29(24)40-13-4-6-21(20-7-8-20)18-38-27-10-9-23(32-12-5-11-31-2)16-26(27)35-30(38)36-28(22)39/h9-10,14-17,20-21,31-32H,4-8,11-13,18H2,1-3H3,(H,35,36,39). The maximum atomic E-state index is 13.6. The van der Waals surface area contributed by atoms with E-state index in [-0.39, 0.29) is 5.91 Å². The van der Waals surface area contributed by atoms with Crippen molar-refractivity contribution in [2.24, 2.45) is 23.9 Å². The summed E-state index contributed by atoms with van der Waals surface area (Å²) in [6.07, 6.45) is 7.28. The number of amides is 1. The molecule has 10 heteroatoms. The number of fused-ring (bicyclic) bond motifs is 7. The number of hydrogen-bond donors (Lipinski definition) is 3. The highest BCUT2D eigenvalue weighted by molar-refractivity contribution is 6.19. The first kappa shape index (κ1) is 26.3. The molecule has 1 saturated carbocycles. The van der Waals surface area contributed by atoms with Gasteiger partial charge in [0, 0.05) is 37.1 Å². The zero-order valence-electron chi connectivity index (χ0n) is 23.5. The van der Waals surface area contributed by atoms with E-state index in [4.69, 9.17) is 9.72 Å². The SMILES string of the molecule is CNCCCNc1ccc2c(c1)N/C1=N\C(=O)c3cc(C)nc(c3)-c3cnn(C)c3OCCCC(C3CC3)CN12. The first-order chi connectivity index (χ1) is 19.5. The number of ether oxygens (including phenoxy) is 1. The van der Waals surface area contributed by atoms with Gasteiger partial charge in [-0.1, -0.05) is 0 Å². The summed E-state index contributed by atoms with van der Waals surface area (Å²) in [6, 6.07) is 9.94. The number of pyridine rings is 1. The van der Waals surface area contributed by atoms with Crippen molar-refractivity contribution in [1.82, 2.24) is 20.1 Å². The van der Waals surface area contributed by atoms with Crippen LogP contribution in [0.25, 0.3) is 11.3 Å². The summed E-state index contributed by atoms with van der Waals surface area (Å²) in [7, 11) is 3.84. The fourth-order valence-electron chi connectivity index (χ4n) is 5.71. The Morgan fingerprint density at radius 3 is 2.83 bits per heavy atom. The van der Waals surface area contributed by atoms with Crippen LogP contribution in [0.15, 0.2) is 41.5 Å². The third-order valence-electron chi connectivity index (χ3n) is 7.95. The lowest BCUT2D eigenvalue weighted by Gasteiger charge is -2.25. The molecule has 3 aliphatic rings. The van der Waals surface area contributed by atoms with Crippen LogP contribution in [0.3, 0.4) is 0 Å². The van der Waals surface area contributed by atoms with E-state index in [2.05, 4.69) is 49.1 Å². The summed E-state index contributed by atoms with van der Waals surface area (Å²) in [5, 5.41) is 14.6. The van der Waals surface area contributed by atoms with Crippen molar-refractivity contribution in [2.75, 3.05) is 48.8 Å². The summed E-state index contributed by atoms with van der Waals surface area (Å²) in [4.78, 5) is 25.2. The van der Waals surface area contributed by atoms with Crippen molar-refractivity contribution in [3.05, 3.63) is 47.8 Å². The van der Waals surface area contributed by atoms with Gasteiger partial charge in [-0.15, -0.1) is 0 Å². The van der Waals surface area contributed by atoms with Crippen molar-refractivity contribution in [1.29, 1.82) is 0 Å². The molecule has 1 atom stereocenters. The average Bonchev–Trinajstić information content (AvgIpc) is 3.65. The van der Waals surface area contributed by atoms with Crippen LogP contribution in [0, 0.1) is 18.8 Å². The van der Waals surface area contributed by atoms with Gasteiger partial charge in [-0.2, -0.15) is 10.1 Å². The van der Waals surface area contributed by atoms with E-state index >= 15 is 0 Å². The Morgan fingerprint density at radius 2 is 2.00 bits per heavy atom. The van der Waals surface area contributed by atoms with Gasteiger partial charge in [-0.25, -0.2) is 4.68 Å². The molecule has 210 valence electrons. The number of rotatable bonds is 6. The zero-order chi connectivity index (χ0) is 27.6. The van der Waals surface area contributed by atoms with E-state index in [9.17, 15) is 4.79 Å². The van der Waals surface area contributed by atoms with E-state index in [1.807, 2.05) is 21.0 Å². The van der Waals surface area contributed by atoms with Crippen LogP contribution >= 0.6 is 0 Å². The second kappa shape index (κ2) is 11.3. The Bertz CT molecular complexity index is 1430. The van der Waals surface area contributed by atoms with Crippen LogP contribution in [-0.2, 0) is 7.05 Å². The lowest BCUT2D eigenvalue weighted by Crippen LogP contribution is -2.36. The Balaban J connectivity index is 1.36. The smallest absolute Gasteiger partial charge is 0.280 e. The van der Waals surface area contributed by atoms with Gasteiger partial charge in [0.1, 0.15) is 0 Å².